The smallest absolute Gasteiger partial charge is 0.264 e. The molecule has 0 aromatic heterocycles. The molecule has 0 saturated heterocycles. The van der Waals surface area contributed by atoms with Crippen molar-refractivity contribution in [2.75, 3.05) is 10.8 Å². The molecule has 0 fully saturated rings. The Morgan fingerprint density at radius 2 is 1.59 bits per heavy atom. The minimum absolute atomic E-state index is 0.0550. The highest BCUT2D eigenvalue weighted by Gasteiger charge is 2.34. The van der Waals surface area contributed by atoms with Crippen LogP contribution >= 0.6 is 11.6 Å². The number of rotatable bonds is 12. The van der Waals surface area contributed by atoms with E-state index in [1.165, 1.54) is 17.0 Å². The number of benzene rings is 3. The van der Waals surface area contributed by atoms with Gasteiger partial charge in [-0.15, -0.1) is 0 Å². The number of nitrogens with zero attached hydrogens (tertiary/aromatic N) is 2. The molecule has 0 aliphatic rings. The first-order valence-corrected chi connectivity index (χ1v) is 15.7. The number of sulfonamides is 1. The van der Waals surface area contributed by atoms with E-state index >= 15 is 0 Å². The number of amides is 2. The lowest BCUT2D eigenvalue weighted by atomic mass is 10.1. The third-order valence-electron chi connectivity index (χ3n) is 7.15. The number of carbonyl (C=O) groups excluding carboxylic acids is 2. The molecule has 0 radical (unpaired) electrons. The summed E-state index contributed by atoms with van der Waals surface area (Å²) in [5.41, 5.74) is 3.82. The van der Waals surface area contributed by atoms with Gasteiger partial charge in [-0.25, -0.2) is 8.42 Å². The van der Waals surface area contributed by atoms with E-state index in [1.54, 1.807) is 30.3 Å². The van der Waals surface area contributed by atoms with E-state index in [2.05, 4.69) is 5.32 Å². The Morgan fingerprint density at radius 3 is 2.17 bits per heavy atom. The van der Waals surface area contributed by atoms with Crippen molar-refractivity contribution in [1.29, 1.82) is 0 Å². The van der Waals surface area contributed by atoms with E-state index in [1.807, 2.05) is 65.8 Å². The third kappa shape index (κ3) is 8.11. The van der Waals surface area contributed by atoms with Crippen molar-refractivity contribution in [3.8, 4) is 0 Å². The normalized spacial score (nSPS) is 12.9. The van der Waals surface area contributed by atoms with Crippen LogP contribution in [-0.2, 0) is 26.2 Å². The van der Waals surface area contributed by atoms with Gasteiger partial charge < -0.3 is 10.2 Å². The predicted molar refractivity (Wildman–Crippen MR) is 166 cm³/mol. The number of carbonyl (C=O) groups is 2. The van der Waals surface area contributed by atoms with E-state index in [-0.39, 0.29) is 29.1 Å². The number of nitrogens with one attached hydrogen (secondary N) is 1. The summed E-state index contributed by atoms with van der Waals surface area (Å²) in [5.74, 6) is -0.765. The lowest BCUT2D eigenvalue weighted by Crippen LogP contribution is -2.53. The highest BCUT2D eigenvalue weighted by atomic mass is 35.5. The van der Waals surface area contributed by atoms with Gasteiger partial charge in [-0.2, -0.15) is 0 Å². The molecule has 0 aliphatic carbocycles. The zero-order chi connectivity index (χ0) is 30.3. The van der Waals surface area contributed by atoms with Crippen LogP contribution in [0.15, 0.2) is 71.6 Å². The lowest BCUT2D eigenvalue weighted by molar-refractivity contribution is -0.140. The quantitative estimate of drug-likeness (QED) is 0.270. The summed E-state index contributed by atoms with van der Waals surface area (Å²) in [6.07, 6.45) is 1.10. The summed E-state index contributed by atoms with van der Waals surface area (Å²) in [7, 11) is -4.16. The average Bonchev–Trinajstić information content (AvgIpc) is 2.93. The van der Waals surface area contributed by atoms with Gasteiger partial charge in [0.15, 0.2) is 0 Å². The van der Waals surface area contributed by atoms with Crippen LogP contribution < -0.4 is 9.62 Å². The van der Waals surface area contributed by atoms with E-state index in [0.29, 0.717) is 11.4 Å². The molecular formula is C32H40ClN3O4S. The Kier molecular flexibility index (Phi) is 11.0. The number of anilines is 1. The van der Waals surface area contributed by atoms with Crippen LogP contribution in [0.1, 0.15) is 55.9 Å². The summed E-state index contributed by atoms with van der Waals surface area (Å²) in [4.78, 5) is 29.1. The van der Waals surface area contributed by atoms with Crippen LogP contribution in [0.5, 0.6) is 0 Å². The molecule has 220 valence electrons. The fraction of sp³-hybridized carbons (Fsp3) is 0.375. The Bertz CT molecular complexity index is 1470. The monoisotopic (exact) mass is 597 g/mol. The fourth-order valence-corrected chi connectivity index (χ4v) is 6.05. The second kappa shape index (κ2) is 14.0. The van der Waals surface area contributed by atoms with E-state index in [0.717, 1.165) is 33.0 Å². The number of aryl methyl sites for hydroxylation is 3. The van der Waals surface area contributed by atoms with Crippen molar-refractivity contribution < 1.29 is 18.0 Å². The van der Waals surface area contributed by atoms with Crippen LogP contribution in [0.25, 0.3) is 0 Å². The Labute approximate surface area is 249 Å². The van der Waals surface area contributed by atoms with Crippen LogP contribution in [0.2, 0.25) is 5.02 Å². The SMILES string of the molecule is CC[C@@H](C)NC(=O)[C@H](CC)N(Cc1cccc(C)c1)C(=O)CN(c1ccc(C)c(Cl)c1)S(=O)(=O)c1ccc(C)cc1. The standard InChI is InChI=1S/C32H40ClN3O4S/c1-7-25(6)34-32(38)30(8-2)35(20-26-11-9-10-23(4)18-26)31(37)21-36(27-15-14-24(5)29(33)19-27)41(39,40)28-16-12-22(3)13-17-28/h9-19,25,30H,7-8,20-21H2,1-6H3,(H,34,38)/t25-,30+/m1/s1. The van der Waals surface area contributed by atoms with Crippen molar-refractivity contribution in [3.05, 3.63) is 94.0 Å². The van der Waals surface area contributed by atoms with Gasteiger partial charge in [0.05, 0.1) is 10.6 Å². The second-order valence-corrected chi connectivity index (χ2v) is 12.8. The Hall–Kier alpha value is -3.36. The molecule has 3 aromatic rings. The first kappa shape index (κ1) is 32.2. The molecule has 0 unspecified atom stereocenters. The molecule has 9 heteroatoms. The van der Waals surface area contributed by atoms with Gasteiger partial charge in [0, 0.05) is 17.6 Å². The van der Waals surface area contributed by atoms with Crippen molar-refractivity contribution in [1.82, 2.24) is 10.2 Å². The van der Waals surface area contributed by atoms with Gasteiger partial charge in [0.25, 0.3) is 10.0 Å². The molecule has 3 aromatic carbocycles. The van der Waals surface area contributed by atoms with Crippen molar-refractivity contribution >= 4 is 39.1 Å². The third-order valence-corrected chi connectivity index (χ3v) is 9.35. The van der Waals surface area contributed by atoms with Gasteiger partial charge in [0.1, 0.15) is 12.6 Å². The van der Waals surface area contributed by atoms with Crippen molar-refractivity contribution in [2.45, 2.75) is 77.9 Å². The van der Waals surface area contributed by atoms with Gasteiger partial charge in [-0.3, -0.25) is 13.9 Å². The number of halogens is 1. The molecule has 0 spiro atoms. The predicted octanol–water partition coefficient (Wildman–Crippen LogP) is 6.18. The molecule has 3 rings (SSSR count). The number of hydrogen-bond donors (Lipinski definition) is 1. The van der Waals surface area contributed by atoms with Crippen LogP contribution in [0.4, 0.5) is 5.69 Å². The lowest BCUT2D eigenvalue weighted by Gasteiger charge is -2.34. The van der Waals surface area contributed by atoms with Gasteiger partial charge in [0.2, 0.25) is 11.8 Å². The Balaban J connectivity index is 2.09. The molecule has 41 heavy (non-hydrogen) atoms. The van der Waals surface area contributed by atoms with Crippen molar-refractivity contribution in [3.63, 3.8) is 0 Å². The fourth-order valence-electron chi connectivity index (χ4n) is 4.47. The summed E-state index contributed by atoms with van der Waals surface area (Å²) < 4.78 is 29.1. The van der Waals surface area contributed by atoms with E-state index in [4.69, 9.17) is 11.6 Å². The number of hydrogen-bond acceptors (Lipinski definition) is 4. The van der Waals surface area contributed by atoms with E-state index in [9.17, 15) is 18.0 Å². The van der Waals surface area contributed by atoms with Gasteiger partial charge in [-0.1, -0.05) is 79.0 Å². The maximum absolute atomic E-state index is 14.2. The topological polar surface area (TPSA) is 86.8 Å². The van der Waals surface area contributed by atoms with Crippen molar-refractivity contribution in [2.24, 2.45) is 0 Å². The minimum Gasteiger partial charge on any atom is -0.352 e. The maximum atomic E-state index is 14.2. The highest BCUT2D eigenvalue weighted by Crippen LogP contribution is 2.29. The average molecular weight is 598 g/mol. The minimum atomic E-state index is -4.16. The molecule has 2 atom stereocenters. The summed E-state index contributed by atoms with van der Waals surface area (Å²) in [6.45, 7) is 11.0. The summed E-state index contributed by atoms with van der Waals surface area (Å²) in [6, 6.07) is 18.2. The summed E-state index contributed by atoms with van der Waals surface area (Å²) in [5, 5.41) is 3.38. The highest BCUT2D eigenvalue weighted by molar-refractivity contribution is 7.92. The largest absolute Gasteiger partial charge is 0.352 e. The molecule has 0 heterocycles. The van der Waals surface area contributed by atoms with Crippen LogP contribution in [0, 0.1) is 20.8 Å². The van der Waals surface area contributed by atoms with Crippen LogP contribution in [0.3, 0.4) is 0 Å². The summed E-state index contributed by atoms with van der Waals surface area (Å²) >= 11 is 6.40. The first-order chi connectivity index (χ1) is 19.4. The Morgan fingerprint density at radius 1 is 0.902 bits per heavy atom. The molecule has 1 N–H and O–H groups in total. The molecule has 0 saturated carbocycles. The second-order valence-electron chi connectivity index (χ2n) is 10.5. The van der Waals surface area contributed by atoms with Gasteiger partial charge >= 0.3 is 0 Å². The molecule has 2 amide bonds. The zero-order valence-corrected chi connectivity index (χ0v) is 26.2. The molecule has 0 bridgehead atoms. The zero-order valence-electron chi connectivity index (χ0n) is 24.6. The van der Waals surface area contributed by atoms with E-state index < -0.39 is 28.5 Å². The molecule has 7 nitrogen and oxygen atoms in total. The molecule has 0 aliphatic heterocycles. The first-order valence-electron chi connectivity index (χ1n) is 13.9. The van der Waals surface area contributed by atoms with Crippen LogP contribution in [-0.4, -0.2) is 43.8 Å². The molecular weight excluding hydrogens is 558 g/mol. The maximum Gasteiger partial charge on any atom is 0.264 e. The van der Waals surface area contributed by atoms with Gasteiger partial charge in [-0.05, 0) is 75.9 Å².